The first-order valence-corrected chi connectivity index (χ1v) is 8.28. The molecule has 0 radical (unpaired) electrons. The van der Waals surface area contributed by atoms with Crippen molar-refractivity contribution in [1.29, 1.82) is 0 Å². The Labute approximate surface area is 137 Å². The maximum atomic E-state index is 12.7. The maximum absolute atomic E-state index is 12.7. The number of amides is 2. The number of hydrogen-bond acceptors (Lipinski definition) is 3. The smallest absolute Gasteiger partial charge is 0.229 e. The summed E-state index contributed by atoms with van der Waals surface area (Å²) < 4.78 is 5.57. The van der Waals surface area contributed by atoms with Crippen LogP contribution in [0, 0.1) is 5.92 Å². The van der Waals surface area contributed by atoms with Crippen LogP contribution in [0.1, 0.15) is 18.1 Å². The molecule has 0 unspecified atom stereocenters. The summed E-state index contributed by atoms with van der Waals surface area (Å²) in [5, 5.41) is 0. The third kappa shape index (κ3) is 3.39. The molecule has 0 aliphatic carbocycles. The Morgan fingerprint density at radius 3 is 2.57 bits per heavy atom. The van der Waals surface area contributed by atoms with Crippen molar-refractivity contribution < 1.29 is 14.3 Å². The van der Waals surface area contributed by atoms with Crippen LogP contribution in [0.5, 0.6) is 0 Å². The minimum atomic E-state index is -0.237. The fourth-order valence-electron chi connectivity index (χ4n) is 3.28. The summed E-state index contributed by atoms with van der Waals surface area (Å²) in [6.45, 7) is 4.06. The Morgan fingerprint density at radius 2 is 1.87 bits per heavy atom. The van der Waals surface area contributed by atoms with Crippen molar-refractivity contribution in [1.82, 2.24) is 9.80 Å². The minimum absolute atomic E-state index is 0.0404. The van der Waals surface area contributed by atoms with Crippen molar-refractivity contribution in [3.63, 3.8) is 0 Å². The fourth-order valence-corrected chi connectivity index (χ4v) is 3.28. The summed E-state index contributed by atoms with van der Waals surface area (Å²) in [6.07, 6.45) is 1.39. The van der Waals surface area contributed by atoms with Crippen LogP contribution in [-0.2, 0) is 27.2 Å². The van der Waals surface area contributed by atoms with Gasteiger partial charge in [-0.05, 0) is 17.5 Å². The van der Waals surface area contributed by atoms with Crippen molar-refractivity contribution in [2.75, 3.05) is 33.4 Å². The number of rotatable bonds is 3. The molecule has 3 rings (SSSR count). The quantitative estimate of drug-likeness (QED) is 0.839. The van der Waals surface area contributed by atoms with Gasteiger partial charge in [0, 0.05) is 20.1 Å². The minimum Gasteiger partial charge on any atom is -0.378 e. The van der Waals surface area contributed by atoms with E-state index in [2.05, 4.69) is 19.1 Å². The Hall–Kier alpha value is -1.88. The van der Waals surface area contributed by atoms with E-state index in [0.29, 0.717) is 32.7 Å². The molecule has 2 bridgehead atoms. The van der Waals surface area contributed by atoms with Crippen LogP contribution >= 0.6 is 0 Å². The molecule has 0 spiro atoms. The monoisotopic (exact) mass is 316 g/mol. The number of carbonyl (C=O) groups excluding carboxylic acids is 2. The summed E-state index contributed by atoms with van der Waals surface area (Å²) in [5.41, 5.74) is 2.30. The lowest BCUT2D eigenvalue weighted by Gasteiger charge is -2.29. The molecule has 0 N–H and O–H groups in total. The van der Waals surface area contributed by atoms with Crippen LogP contribution in [-0.4, -0.2) is 61.0 Å². The molecule has 2 amide bonds. The van der Waals surface area contributed by atoms with Crippen molar-refractivity contribution >= 4 is 11.8 Å². The van der Waals surface area contributed by atoms with Crippen LogP contribution < -0.4 is 0 Å². The topological polar surface area (TPSA) is 49.9 Å². The Morgan fingerprint density at radius 1 is 1.17 bits per heavy atom. The lowest BCUT2D eigenvalue weighted by Crippen LogP contribution is -2.45. The van der Waals surface area contributed by atoms with Gasteiger partial charge in [-0.1, -0.05) is 31.2 Å². The molecule has 2 aliphatic heterocycles. The number of likely N-dealkylation sites (N-methyl/N-ethyl adjacent to an activating group) is 1. The molecule has 2 fully saturated rings. The molecule has 23 heavy (non-hydrogen) atoms. The summed E-state index contributed by atoms with van der Waals surface area (Å²) in [7, 11) is 1.81. The van der Waals surface area contributed by atoms with E-state index < -0.39 is 0 Å². The average molecular weight is 316 g/mol. The Kier molecular flexibility index (Phi) is 4.66. The molecule has 5 nitrogen and oxygen atoms in total. The molecule has 124 valence electrons. The summed E-state index contributed by atoms with van der Waals surface area (Å²) in [4.78, 5) is 28.6. The third-order valence-electron chi connectivity index (χ3n) is 4.89. The third-order valence-corrected chi connectivity index (χ3v) is 4.89. The van der Waals surface area contributed by atoms with Crippen molar-refractivity contribution in [2.24, 2.45) is 5.92 Å². The SMILES string of the molecule is CCc1ccc(CC(=O)N2C[C@@H]3COC[C@H](C2)N(C)C3=O)cc1. The van der Waals surface area contributed by atoms with Crippen LogP contribution in [0.25, 0.3) is 0 Å². The van der Waals surface area contributed by atoms with Gasteiger partial charge in [0.15, 0.2) is 0 Å². The molecule has 2 atom stereocenters. The van der Waals surface area contributed by atoms with Crippen LogP contribution in [0.3, 0.4) is 0 Å². The normalized spacial score (nSPS) is 24.5. The van der Waals surface area contributed by atoms with Gasteiger partial charge in [0.05, 0.1) is 31.6 Å². The number of hydrogen-bond donors (Lipinski definition) is 0. The number of ether oxygens (including phenoxy) is 1. The highest BCUT2D eigenvalue weighted by atomic mass is 16.5. The largest absolute Gasteiger partial charge is 0.378 e. The van der Waals surface area contributed by atoms with E-state index >= 15 is 0 Å². The van der Waals surface area contributed by atoms with E-state index in [0.717, 1.165) is 12.0 Å². The van der Waals surface area contributed by atoms with Gasteiger partial charge in [-0.3, -0.25) is 9.59 Å². The molecular weight excluding hydrogens is 292 g/mol. The average Bonchev–Trinajstić information content (AvgIpc) is 2.73. The van der Waals surface area contributed by atoms with E-state index in [9.17, 15) is 9.59 Å². The van der Waals surface area contributed by atoms with Crippen LogP contribution in [0.15, 0.2) is 24.3 Å². The highest BCUT2D eigenvalue weighted by Gasteiger charge is 2.38. The van der Waals surface area contributed by atoms with Gasteiger partial charge in [-0.2, -0.15) is 0 Å². The Balaban J connectivity index is 1.70. The molecule has 1 aromatic carbocycles. The zero-order valence-corrected chi connectivity index (χ0v) is 13.8. The van der Waals surface area contributed by atoms with Crippen molar-refractivity contribution in [2.45, 2.75) is 25.8 Å². The van der Waals surface area contributed by atoms with E-state index in [1.807, 2.05) is 24.1 Å². The molecule has 1 aromatic rings. The molecule has 2 aliphatic rings. The molecular formula is C18H24N2O3. The van der Waals surface area contributed by atoms with E-state index in [1.54, 1.807) is 4.90 Å². The fraction of sp³-hybridized carbons (Fsp3) is 0.556. The van der Waals surface area contributed by atoms with Crippen LogP contribution in [0.2, 0.25) is 0 Å². The van der Waals surface area contributed by atoms with Gasteiger partial charge < -0.3 is 14.5 Å². The summed E-state index contributed by atoms with van der Waals surface area (Å²) in [5.74, 6) is -0.0525. The Bertz CT molecular complexity index is 584. The second kappa shape index (κ2) is 6.71. The lowest BCUT2D eigenvalue weighted by atomic mass is 10.1. The molecule has 5 heteroatoms. The zero-order chi connectivity index (χ0) is 16.4. The van der Waals surface area contributed by atoms with Crippen molar-refractivity contribution in [3.8, 4) is 0 Å². The summed E-state index contributed by atoms with van der Waals surface area (Å²) in [6, 6.07) is 8.16. The van der Waals surface area contributed by atoms with Gasteiger partial charge in [0.25, 0.3) is 0 Å². The zero-order valence-electron chi connectivity index (χ0n) is 13.8. The molecule has 0 saturated carbocycles. The first-order chi connectivity index (χ1) is 11.1. The lowest BCUT2D eigenvalue weighted by molar-refractivity contribution is -0.134. The van der Waals surface area contributed by atoms with E-state index in [-0.39, 0.29) is 23.8 Å². The number of carbonyl (C=O) groups is 2. The first kappa shape index (κ1) is 16.0. The predicted octanol–water partition coefficient (Wildman–Crippen LogP) is 1.11. The van der Waals surface area contributed by atoms with Gasteiger partial charge in [-0.15, -0.1) is 0 Å². The standard InChI is InChI=1S/C18H24N2O3/c1-3-13-4-6-14(7-5-13)8-17(21)20-9-15-11-23-12-16(10-20)19(2)18(15)22/h4-7,15-16H,3,8-12H2,1-2H3/t15-,16+/m1/s1. The highest BCUT2D eigenvalue weighted by molar-refractivity contribution is 5.83. The van der Waals surface area contributed by atoms with Gasteiger partial charge in [-0.25, -0.2) is 0 Å². The number of fused-ring (bicyclic) bond motifs is 3. The maximum Gasteiger partial charge on any atom is 0.229 e. The number of aryl methyl sites for hydroxylation is 1. The second-order valence-electron chi connectivity index (χ2n) is 6.48. The molecule has 2 saturated heterocycles. The van der Waals surface area contributed by atoms with Gasteiger partial charge in [0.1, 0.15) is 0 Å². The van der Waals surface area contributed by atoms with Crippen LogP contribution in [0.4, 0.5) is 0 Å². The molecule has 0 aromatic heterocycles. The molecule has 2 heterocycles. The number of benzene rings is 1. The van der Waals surface area contributed by atoms with Crippen molar-refractivity contribution in [3.05, 3.63) is 35.4 Å². The highest BCUT2D eigenvalue weighted by Crippen LogP contribution is 2.20. The van der Waals surface area contributed by atoms with Gasteiger partial charge in [0.2, 0.25) is 11.8 Å². The first-order valence-electron chi connectivity index (χ1n) is 8.28. The number of nitrogens with zero attached hydrogens (tertiary/aromatic N) is 2. The van der Waals surface area contributed by atoms with E-state index in [1.165, 1.54) is 5.56 Å². The summed E-state index contributed by atoms with van der Waals surface area (Å²) >= 11 is 0. The van der Waals surface area contributed by atoms with E-state index in [4.69, 9.17) is 4.74 Å². The predicted molar refractivity (Wildman–Crippen MR) is 87.0 cm³/mol. The second-order valence-corrected chi connectivity index (χ2v) is 6.48. The van der Waals surface area contributed by atoms with Gasteiger partial charge >= 0.3 is 0 Å².